The number of imidazole rings is 1. The first kappa shape index (κ1) is 22.6. The van der Waals surface area contributed by atoms with Crippen LogP contribution >= 0.6 is 0 Å². The Morgan fingerprint density at radius 3 is 2.48 bits per heavy atom. The van der Waals surface area contributed by atoms with Gasteiger partial charge in [-0.25, -0.2) is 9.89 Å². The van der Waals surface area contributed by atoms with E-state index in [1.807, 2.05) is 51.7 Å². The number of hydrogen-bond donors (Lipinski definition) is 1. The molecule has 8 heteroatoms. The number of hydrogen-bond acceptors (Lipinski definition) is 5. The van der Waals surface area contributed by atoms with Crippen molar-refractivity contribution in [2.75, 3.05) is 0 Å². The maximum atomic E-state index is 13.1. The van der Waals surface area contributed by atoms with Gasteiger partial charge < -0.3 is 0 Å². The Kier molecular flexibility index (Phi) is 7.44. The van der Waals surface area contributed by atoms with Gasteiger partial charge in [-0.2, -0.15) is 0 Å². The van der Waals surface area contributed by atoms with Crippen LogP contribution in [0.5, 0.6) is 0 Å². The van der Waals surface area contributed by atoms with Crippen molar-refractivity contribution in [3.8, 4) is 22.6 Å². The summed E-state index contributed by atoms with van der Waals surface area (Å²) in [6.45, 7) is 5.65. The van der Waals surface area contributed by atoms with E-state index in [0.29, 0.717) is 12.4 Å². The molecular weight excluding hydrogens is 414 g/mol. The van der Waals surface area contributed by atoms with E-state index in [-0.39, 0.29) is 5.69 Å². The minimum Gasteiger partial charge on any atom is -0.299 e. The molecule has 0 aliphatic heterocycles. The molecule has 3 aromatic heterocycles. The zero-order valence-corrected chi connectivity index (χ0v) is 19.4. The zero-order chi connectivity index (χ0) is 23.0. The maximum Gasteiger partial charge on any atom is 0.328 e. The Bertz CT molecular complexity index is 1210. The monoisotopic (exact) mass is 445 g/mol. The highest BCUT2D eigenvalue weighted by Crippen LogP contribution is 2.28. The van der Waals surface area contributed by atoms with E-state index in [1.165, 1.54) is 6.42 Å². The summed E-state index contributed by atoms with van der Waals surface area (Å²) in [7, 11) is 0. The zero-order valence-electron chi connectivity index (χ0n) is 19.4. The third-order valence-corrected chi connectivity index (χ3v) is 5.89. The molecule has 33 heavy (non-hydrogen) atoms. The van der Waals surface area contributed by atoms with E-state index in [1.54, 1.807) is 0 Å². The quantitative estimate of drug-likeness (QED) is 0.344. The van der Waals surface area contributed by atoms with Crippen LogP contribution in [0.1, 0.15) is 57.2 Å². The van der Waals surface area contributed by atoms with E-state index in [4.69, 9.17) is 4.98 Å². The van der Waals surface area contributed by atoms with Crippen molar-refractivity contribution in [3.63, 3.8) is 0 Å². The molecule has 0 unspecified atom stereocenters. The highest BCUT2D eigenvalue weighted by Gasteiger charge is 2.14. The third-order valence-electron chi connectivity index (χ3n) is 5.89. The minimum absolute atomic E-state index is 0.0715. The van der Waals surface area contributed by atoms with Crippen molar-refractivity contribution in [1.82, 2.24) is 34.7 Å². The Labute approximate surface area is 193 Å². The number of aromatic amines is 1. The first-order valence-corrected chi connectivity index (χ1v) is 11.8. The number of rotatable bonds is 11. The van der Waals surface area contributed by atoms with Gasteiger partial charge in [-0.05, 0) is 41.3 Å². The molecule has 172 valence electrons. The molecule has 8 nitrogen and oxygen atoms in total. The summed E-state index contributed by atoms with van der Waals surface area (Å²) in [6, 6.07) is 11.9. The fraction of sp³-hybridized carbons (Fsp3) is 0.400. The number of aromatic nitrogens is 7. The van der Waals surface area contributed by atoms with Crippen molar-refractivity contribution in [1.29, 1.82) is 0 Å². The summed E-state index contributed by atoms with van der Waals surface area (Å²) in [4.78, 5) is 17.8. The molecule has 1 N–H and O–H groups in total. The van der Waals surface area contributed by atoms with E-state index >= 15 is 0 Å². The number of aryl methyl sites for hydroxylation is 2. The molecule has 0 radical (unpaired) electrons. The lowest BCUT2D eigenvalue weighted by Gasteiger charge is -2.09. The van der Waals surface area contributed by atoms with Gasteiger partial charge in [0, 0.05) is 35.8 Å². The molecule has 4 rings (SSSR count). The molecule has 0 bridgehead atoms. The van der Waals surface area contributed by atoms with E-state index in [9.17, 15) is 4.79 Å². The molecule has 0 aliphatic rings. The van der Waals surface area contributed by atoms with Crippen LogP contribution < -0.4 is 5.69 Å². The topological polar surface area (TPSA) is 94.3 Å². The van der Waals surface area contributed by atoms with Gasteiger partial charge in [0.15, 0.2) is 5.82 Å². The molecule has 0 aliphatic carbocycles. The predicted molar refractivity (Wildman–Crippen MR) is 129 cm³/mol. The largest absolute Gasteiger partial charge is 0.328 e. The molecule has 0 atom stereocenters. The number of unbranched alkanes of at least 4 members (excludes halogenated alkanes) is 3. The summed E-state index contributed by atoms with van der Waals surface area (Å²) < 4.78 is 3.78. The second kappa shape index (κ2) is 10.8. The van der Waals surface area contributed by atoms with Gasteiger partial charge in [-0.3, -0.25) is 14.1 Å². The summed E-state index contributed by atoms with van der Waals surface area (Å²) in [5.74, 6) is 0.605. The van der Waals surface area contributed by atoms with Gasteiger partial charge >= 0.3 is 5.69 Å². The number of benzene rings is 1. The number of H-pyrrole nitrogens is 1. The molecule has 3 heterocycles. The second-order valence-electron chi connectivity index (χ2n) is 8.34. The lowest BCUT2D eigenvalue weighted by molar-refractivity contribution is 0.590. The molecule has 1 aromatic carbocycles. The number of nitrogens with one attached hydrogen (secondary N) is 1. The third kappa shape index (κ3) is 5.27. The summed E-state index contributed by atoms with van der Waals surface area (Å²) >= 11 is 0. The SMILES string of the molecule is CCCCCc1cn(CCCC)c(=O)n1Cc1ccc(-c2ccccc2-c2nnn[nH]2)nc1. The Balaban J connectivity index is 1.59. The van der Waals surface area contributed by atoms with Crippen LogP contribution in [0, 0.1) is 0 Å². The van der Waals surface area contributed by atoms with Crippen LogP contribution in [0.4, 0.5) is 0 Å². The lowest BCUT2D eigenvalue weighted by Crippen LogP contribution is -2.25. The van der Waals surface area contributed by atoms with Crippen LogP contribution in [-0.4, -0.2) is 34.7 Å². The van der Waals surface area contributed by atoms with Gasteiger partial charge in [0.2, 0.25) is 0 Å². The fourth-order valence-corrected chi connectivity index (χ4v) is 4.04. The molecular formula is C25H31N7O. The average molecular weight is 446 g/mol. The van der Waals surface area contributed by atoms with Crippen LogP contribution in [0.3, 0.4) is 0 Å². The van der Waals surface area contributed by atoms with E-state index < -0.39 is 0 Å². The number of nitrogens with zero attached hydrogens (tertiary/aromatic N) is 6. The number of pyridine rings is 1. The fourth-order valence-electron chi connectivity index (χ4n) is 4.04. The van der Waals surface area contributed by atoms with Gasteiger partial charge in [0.1, 0.15) is 0 Å². The van der Waals surface area contributed by atoms with Crippen LogP contribution in [0.2, 0.25) is 0 Å². The molecule has 0 amide bonds. The van der Waals surface area contributed by atoms with Gasteiger partial charge in [0.25, 0.3) is 0 Å². The molecule has 4 aromatic rings. The first-order chi connectivity index (χ1) is 16.2. The number of tetrazole rings is 1. The molecule has 0 saturated heterocycles. The van der Waals surface area contributed by atoms with Gasteiger partial charge in [-0.1, -0.05) is 63.4 Å². The highest BCUT2D eigenvalue weighted by atomic mass is 16.1. The lowest BCUT2D eigenvalue weighted by atomic mass is 10.0. The van der Waals surface area contributed by atoms with Gasteiger partial charge in [-0.15, -0.1) is 5.10 Å². The first-order valence-electron chi connectivity index (χ1n) is 11.8. The van der Waals surface area contributed by atoms with Crippen molar-refractivity contribution in [2.24, 2.45) is 0 Å². The Morgan fingerprint density at radius 2 is 1.79 bits per heavy atom. The Hall–Kier alpha value is -3.55. The summed E-state index contributed by atoms with van der Waals surface area (Å²) in [6.07, 6.45) is 10.3. The normalized spacial score (nSPS) is 11.2. The average Bonchev–Trinajstić information content (AvgIpc) is 3.48. The highest BCUT2D eigenvalue weighted by molar-refractivity contribution is 5.78. The predicted octanol–water partition coefficient (Wildman–Crippen LogP) is 4.47. The smallest absolute Gasteiger partial charge is 0.299 e. The maximum absolute atomic E-state index is 13.1. The molecule has 0 fully saturated rings. The standard InChI is InChI=1S/C25H31N7O/c1-3-5-7-10-20-18-31(15-6-4-2)25(33)32(20)17-19-13-14-23(26-16-19)21-11-8-9-12-22(21)24-27-29-30-28-24/h8-9,11-14,16,18H,3-7,10,15,17H2,1-2H3,(H,27,28,29,30). The Morgan fingerprint density at radius 1 is 0.970 bits per heavy atom. The summed E-state index contributed by atoms with van der Waals surface area (Å²) in [5.41, 5.74) is 4.86. The van der Waals surface area contributed by atoms with E-state index in [0.717, 1.165) is 66.7 Å². The van der Waals surface area contributed by atoms with Crippen molar-refractivity contribution < 1.29 is 0 Å². The van der Waals surface area contributed by atoms with Crippen molar-refractivity contribution >= 4 is 0 Å². The van der Waals surface area contributed by atoms with Gasteiger partial charge in [0.05, 0.1) is 12.2 Å². The molecule has 0 spiro atoms. The van der Waals surface area contributed by atoms with Crippen molar-refractivity contribution in [2.45, 2.75) is 65.5 Å². The van der Waals surface area contributed by atoms with E-state index in [2.05, 4.69) is 40.7 Å². The summed E-state index contributed by atoms with van der Waals surface area (Å²) in [5, 5.41) is 14.2. The van der Waals surface area contributed by atoms with Crippen LogP contribution in [0.15, 0.2) is 53.6 Å². The van der Waals surface area contributed by atoms with Crippen molar-refractivity contribution in [3.05, 3.63) is 70.5 Å². The van der Waals surface area contributed by atoms with Crippen LogP contribution in [0.25, 0.3) is 22.6 Å². The van der Waals surface area contributed by atoms with Crippen LogP contribution in [-0.2, 0) is 19.5 Å². The minimum atomic E-state index is 0.0715. The molecule has 0 saturated carbocycles. The second-order valence-corrected chi connectivity index (χ2v) is 8.34.